The number of rotatable bonds is 5. The smallest absolute Gasteiger partial charge is 0.251 e. The summed E-state index contributed by atoms with van der Waals surface area (Å²) in [6, 6.07) is 15.0. The third kappa shape index (κ3) is 4.33. The van der Waals surface area contributed by atoms with Crippen molar-refractivity contribution in [2.75, 3.05) is 6.54 Å². The van der Waals surface area contributed by atoms with E-state index in [-0.39, 0.29) is 23.4 Å². The van der Waals surface area contributed by atoms with Gasteiger partial charge in [0.15, 0.2) is 0 Å². The Balaban J connectivity index is 1.75. The molecule has 0 bridgehead atoms. The summed E-state index contributed by atoms with van der Waals surface area (Å²) in [4.78, 5) is 13.8. The molecule has 0 spiro atoms. The zero-order valence-electron chi connectivity index (χ0n) is 17.3. The summed E-state index contributed by atoms with van der Waals surface area (Å²) in [6.07, 6.45) is 0.134. The molecule has 0 saturated carbocycles. The molecule has 4 rings (SSSR count). The van der Waals surface area contributed by atoms with Gasteiger partial charge >= 0.3 is 0 Å². The van der Waals surface area contributed by atoms with Crippen molar-refractivity contribution in [1.82, 2.24) is 9.62 Å². The van der Waals surface area contributed by atoms with Crippen LogP contribution in [-0.4, -0.2) is 41.9 Å². The topological polar surface area (TPSA) is 86.7 Å². The number of hydrogen-bond donors (Lipinski definition) is 2. The van der Waals surface area contributed by atoms with Crippen LogP contribution in [0.5, 0.6) is 0 Å². The predicted octanol–water partition coefficient (Wildman–Crippen LogP) is 3.57. The zero-order chi connectivity index (χ0) is 22.9. The highest BCUT2D eigenvalue weighted by molar-refractivity contribution is 7.89. The van der Waals surface area contributed by atoms with Gasteiger partial charge in [-0.25, -0.2) is 12.8 Å². The van der Waals surface area contributed by atoms with Gasteiger partial charge in [-0.15, -0.1) is 11.3 Å². The molecule has 1 fully saturated rings. The number of nitrogens with one attached hydrogen (secondary N) is 1. The normalized spacial score (nSPS) is 24.2. The van der Waals surface area contributed by atoms with Crippen molar-refractivity contribution in [3.63, 3.8) is 0 Å². The van der Waals surface area contributed by atoms with Gasteiger partial charge in [0.05, 0.1) is 22.6 Å². The first-order chi connectivity index (χ1) is 15.2. The Kier molecular flexibility index (Phi) is 6.17. The monoisotopic (exact) mass is 474 g/mol. The second kappa shape index (κ2) is 8.74. The summed E-state index contributed by atoms with van der Waals surface area (Å²) in [7, 11) is -3.90. The van der Waals surface area contributed by atoms with Crippen molar-refractivity contribution in [2.24, 2.45) is 0 Å². The first kappa shape index (κ1) is 22.6. The van der Waals surface area contributed by atoms with E-state index >= 15 is 0 Å². The highest BCUT2D eigenvalue weighted by Crippen LogP contribution is 2.41. The SMILES string of the molecule is C[C@@]1(O)CCN(S(=O)(=O)c2ccccc2)[C@@H](c2cccs2)[C@@H]1NC(=O)c1ccc(F)cc1. The largest absolute Gasteiger partial charge is 0.388 e. The van der Waals surface area contributed by atoms with E-state index in [1.807, 2.05) is 5.38 Å². The number of nitrogens with zero attached hydrogens (tertiary/aromatic N) is 1. The van der Waals surface area contributed by atoms with Gasteiger partial charge < -0.3 is 10.4 Å². The lowest BCUT2D eigenvalue weighted by Gasteiger charge is -2.47. The van der Waals surface area contributed by atoms with Crippen LogP contribution in [0.15, 0.2) is 77.0 Å². The number of piperidine rings is 1. The number of hydrogen-bond acceptors (Lipinski definition) is 5. The summed E-state index contributed by atoms with van der Waals surface area (Å²) in [5, 5.41) is 15.9. The first-order valence-electron chi connectivity index (χ1n) is 10.1. The fourth-order valence-electron chi connectivity index (χ4n) is 3.96. The average Bonchev–Trinajstić information content (AvgIpc) is 3.30. The summed E-state index contributed by atoms with van der Waals surface area (Å²) in [6.45, 7) is 1.69. The minimum atomic E-state index is -3.90. The van der Waals surface area contributed by atoms with E-state index in [4.69, 9.17) is 0 Å². The standard InChI is InChI=1S/C23H23FN2O4S2/c1-23(28)13-14-26(32(29,30)18-6-3-2-4-7-18)20(19-8-5-15-31-19)21(23)25-22(27)16-9-11-17(24)12-10-16/h2-12,15,20-21,28H,13-14H2,1H3,(H,25,27)/t20-,21-,23+/m0/s1. The molecule has 1 aliphatic heterocycles. The van der Waals surface area contributed by atoms with Crippen molar-refractivity contribution in [1.29, 1.82) is 0 Å². The molecule has 1 aromatic heterocycles. The van der Waals surface area contributed by atoms with Crippen LogP contribution < -0.4 is 5.32 Å². The molecule has 0 aliphatic carbocycles. The molecule has 3 atom stereocenters. The molecule has 1 aliphatic rings. The lowest BCUT2D eigenvalue weighted by molar-refractivity contribution is -0.0411. The third-order valence-corrected chi connectivity index (χ3v) is 8.55. The maximum absolute atomic E-state index is 13.5. The minimum Gasteiger partial charge on any atom is -0.388 e. The highest BCUT2D eigenvalue weighted by atomic mass is 32.2. The number of benzene rings is 2. The van der Waals surface area contributed by atoms with Crippen molar-refractivity contribution in [2.45, 2.75) is 35.9 Å². The van der Waals surface area contributed by atoms with Gasteiger partial charge in [-0.1, -0.05) is 24.3 Å². The molecule has 0 radical (unpaired) electrons. The summed E-state index contributed by atoms with van der Waals surface area (Å²) in [5.74, 6) is -0.987. The fraction of sp³-hybridized carbons (Fsp3) is 0.261. The van der Waals surface area contributed by atoms with E-state index in [9.17, 15) is 22.7 Å². The van der Waals surface area contributed by atoms with Crippen LogP contribution in [0.2, 0.25) is 0 Å². The van der Waals surface area contributed by atoms with Crippen molar-refractivity contribution >= 4 is 27.3 Å². The van der Waals surface area contributed by atoms with Gasteiger partial charge in [0.1, 0.15) is 5.82 Å². The van der Waals surface area contributed by atoms with E-state index in [1.54, 1.807) is 37.3 Å². The molecule has 6 nitrogen and oxygen atoms in total. The maximum atomic E-state index is 13.5. The number of halogens is 1. The Morgan fingerprint density at radius 1 is 1.12 bits per heavy atom. The van der Waals surface area contributed by atoms with Gasteiger partial charge in [-0.05, 0) is 61.2 Å². The van der Waals surface area contributed by atoms with Gasteiger partial charge in [0, 0.05) is 17.0 Å². The van der Waals surface area contributed by atoms with Crippen LogP contribution in [0.25, 0.3) is 0 Å². The summed E-state index contributed by atoms with van der Waals surface area (Å²) in [5.41, 5.74) is -1.15. The van der Waals surface area contributed by atoms with Crippen LogP contribution in [0.3, 0.4) is 0 Å². The molecule has 32 heavy (non-hydrogen) atoms. The Morgan fingerprint density at radius 3 is 2.44 bits per heavy atom. The summed E-state index contributed by atoms with van der Waals surface area (Å²) >= 11 is 1.36. The quantitative estimate of drug-likeness (QED) is 0.592. The van der Waals surface area contributed by atoms with Crippen molar-refractivity contribution in [3.8, 4) is 0 Å². The molecule has 1 saturated heterocycles. The van der Waals surface area contributed by atoms with Gasteiger partial charge in [0.25, 0.3) is 5.91 Å². The Bertz CT molecular complexity index is 1180. The van der Waals surface area contributed by atoms with Crippen LogP contribution in [0.1, 0.15) is 34.6 Å². The van der Waals surface area contributed by atoms with Gasteiger partial charge in [-0.2, -0.15) is 4.31 Å². The number of carbonyl (C=O) groups is 1. The average molecular weight is 475 g/mol. The van der Waals surface area contributed by atoms with Crippen LogP contribution in [0.4, 0.5) is 4.39 Å². The predicted molar refractivity (Wildman–Crippen MR) is 120 cm³/mol. The van der Waals surface area contributed by atoms with E-state index < -0.39 is 39.4 Å². The Hall–Kier alpha value is -2.59. The van der Waals surface area contributed by atoms with E-state index in [1.165, 1.54) is 52.0 Å². The Labute approximate surface area is 190 Å². The maximum Gasteiger partial charge on any atom is 0.251 e. The van der Waals surface area contributed by atoms with Crippen LogP contribution in [0, 0.1) is 5.82 Å². The van der Waals surface area contributed by atoms with Gasteiger partial charge in [0.2, 0.25) is 10.0 Å². The molecule has 2 heterocycles. The lowest BCUT2D eigenvalue weighted by atomic mass is 9.83. The number of aliphatic hydroxyl groups is 1. The second-order valence-electron chi connectivity index (χ2n) is 7.95. The van der Waals surface area contributed by atoms with Crippen molar-refractivity contribution < 1.29 is 22.7 Å². The number of sulfonamides is 1. The number of thiophene rings is 1. The molecule has 9 heteroatoms. The third-order valence-electron chi connectivity index (χ3n) is 5.71. The molecule has 3 aromatic rings. The second-order valence-corrected chi connectivity index (χ2v) is 10.8. The molecule has 0 unspecified atom stereocenters. The Morgan fingerprint density at radius 2 is 1.81 bits per heavy atom. The van der Waals surface area contributed by atoms with E-state index in [0.717, 1.165) is 0 Å². The zero-order valence-corrected chi connectivity index (χ0v) is 18.9. The molecular formula is C23H23FN2O4S2. The highest BCUT2D eigenvalue weighted by Gasteiger charge is 2.50. The minimum absolute atomic E-state index is 0.0930. The summed E-state index contributed by atoms with van der Waals surface area (Å²) < 4.78 is 41.7. The van der Waals surface area contributed by atoms with E-state index in [2.05, 4.69) is 5.32 Å². The van der Waals surface area contributed by atoms with Crippen LogP contribution in [-0.2, 0) is 10.0 Å². The van der Waals surface area contributed by atoms with Crippen molar-refractivity contribution in [3.05, 3.63) is 88.4 Å². The molecule has 1 amide bonds. The molecular weight excluding hydrogens is 451 g/mol. The van der Waals surface area contributed by atoms with E-state index in [0.29, 0.717) is 4.88 Å². The molecule has 168 valence electrons. The van der Waals surface area contributed by atoms with Crippen LogP contribution >= 0.6 is 11.3 Å². The lowest BCUT2D eigenvalue weighted by Crippen LogP contribution is -2.63. The molecule has 2 aromatic carbocycles. The van der Waals surface area contributed by atoms with Gasteiger partial charge in [-0.3, -0.25) is 4.79 Å². The fourth-order valence-corrected chi connectivity index (χ4v) is 6.54. The number of carbonyl (C=O) groups excluding carboxylic acids is 1. The first-order valence-corrected chi connectivity index (χ1v) is 12.4. The molecule has 2 N–H and O–H groups in total. The number of amides is 1.